The van der Waals surface area contributed by atoms with E-state index in [1.54, 1.807) is 36.4 Å². The molecule has 6 heteroatoms. The highest BCUT2D eigenvalue weighted by Crippen LogP contribution is 2.02. The first-order valence-corrected chi connectivity index (χ1v) is 6.85. The van der Waals surface area contributed by atoms with Crippen LogP contribution in [0.5, 0.6) is 0 Å². The van der Waals surface area contributed by atoms with Gasteiger partial charge in [0.15, 0.2) is 0 Å². The van der Waals surface area contributed by atoms with Crippen LogP contribution in [0.1, 0.15) is 12.5 Å². The maximum absolute atomic E-state index is 10.2. The summed E-state index contributed by atoms with van der Waals surface area (Å²) in [5.74, 6) is -0.423. The molecule has 1 rings (SSSR count). The van der Waals surface area contributed by atoms with Crippen LogP contribution in [0.25, 0.3) is 0 Å². The first-order chi connectivity index (χ1) is 8.22. The van der Waals surface area contributed by atoms with Gasteiger partial charge in [0, 0.05) is 6.92 Å². The first-order valence-electron chi connectivity index (χ1n) is 5.28. The Labute approximate surface area is 109 Å². The van der Waals surface area contributed by atoms with E-state index in [1.807, 2.05) is 0 Å². The molecule has 0 fully saturated rings. The number of nitrogens with one attached hydrogen (secondary N) is 1. The van der Waals surface area contributed by atoms with Gasteiger partial charge in [-0.1, -0.05) is 30.3 Å². The van der Waals surface area contributed by atoms with Crippen LogP contribution in [-0.2, 0) is 15.9 Å². The molecule has 0 bridgehead atoms. The van der Waals surface area contributed by atoms with E-state index in [4.69, 9.17) is 5.26 Å². The lowest BCUT2D eigenvalue weighted by Gasteiger charge is -2.05. The summed E-state index contributed by atoms with van der Waals surface area (Å²) in [5, 5.41) is 7.32. The minimum Gasteiger partial charge on any atom is -0.748 e. The Morgan fingerprint density at radius 3 is 1.83 bits per heavy atom. The summed E-state index contributed by atoms with van der Waals surface area (Å²) in [6, 6.07) is 10.1. The highest BCUT2D eigenvalue weighted by atomic mass is 32.2. The van der Waals surface area contributed by atoms with Crippen LogP contribution in [0.2, 0.25) is 0 Å². The van der Waals surface area contributed by atoms with E-state index in [2.05, 4.69) is 21.1 Å². The third kappa shape index (κ3) is 20.1. The Kier molecular flexibility index (Phi) is 11.3. The molecule has 102 valence electrons. The van der Waals surface area contributed by atoms with Gasteiger partial charge < -0.3 is 9.45 Å². The van der Waals surface area contributed by atoms with E-state index in [0.717, 1.165) is 0 Å². The van der Waals surface area contributed by atoms with Gasteiger partial charge in [-0.3, -0.25) is 0 Å². The molecule has 5 nitrogen and oxygen atoms in total. The van der Waals surface area contributed by atoms with Crippen LogP contribution in [-0.4, -0.2) is 34.1 Å². The molecular weight excluding hydrogens is 252 g/mol. The molecule has 1 aromatic rings. The van der Waals surface area contributed by atoms with Crippen molar-refractivity contribution >= 4 is 10.1 Å². The number of nitrogens with zero attached hydrogens (tertiary/aromatic N) is 1. The number of quaternary nitrogens is 1. The number of nitriles is 1. The summed E-state index contributed by atoms with van der Waals surface area (Å²) in [6.07, 6.45) is 0. The van der Waals surface area contributed by atoms with Crippen LogP contribution < -0.4 is 4.90 Å². The summed E-state index contributed by atoms with van der Waals surface area (Å²) in [4.78, 5) is 1.42. The zero-order valence-corrected chi connectivity index (χ0v) is 12.0. The van der Waals surface area contributed by atoms with Gasteiger partial charge in [0.1, 0.15) is 0 Å². The number of hydrogen-bond donors (Lipinski definition) is 1. The molecule has 0 spiro atoms. The van der Waals surface area contributed by atoms with E-state index < -0.39 is 15.9 Å². The molecule has 18 heavy (non-hydrogen) atoms. The molecular formula is C12H20N2O3S. The quantitative estimate of drug-likeness (QED) is 0.769. The maximum atomic E-state index is 10.2. The lowest BCUT2D eigenvalue weighted by atomic mass is 10.2. The van der Waals surface area contributed by atoms with E-state index in [-0.39, 0.29) is 0 Å². The summed E-state index contributed by atoms with van der Waals surface area (Å²) >= 11 is 0. The summed E-state index contributed by atoms with van der Waals surface area (Å²) in [5.41, 5.74) is 0.530. The topological polar surface area (TPSA) is 85.4 Å². The zero-order valence-electron chi connectivity index (χ0n) is 11.2. The molecule has 0 atom stereocenters. The second-order valence-electron chi connectivity index (χ2n) is 3.91. The average Bonchev–Trinajstić information content (AvgIpc) is 2.16. The van der Waals surface area contributed by atoms with Gasteiger partial charge in [-0.2, -0.15) is 5.26 Å². The van der Waals surface area contributed by atoms with Crippen molar-refractivity contribution in [3.63, 3.8) is 0 Å². The van der Waals surface area contributed by atoms with Gasteiger partial charge in [0.2, 0.25) is 0 Å². The fourth-order valence-corrected chi connectivity index (χ4v) is 1.38. The van der Waals surface area contributed by atoms with E-state index in [1.165, 1.54) is 11.8 Å². The molecule has 0 radical (unpaired) electrons. The molecule has 0 heterocycles. The van der Waals surface area contributed by atoms with Gasteiger partial charge in [-0.15, -0.1) is 0 Å². The fraction of sp³-hybridized carbons (Fsp3) is 0.417. The number of rotatable bonds is 2. The molecule has 0 saturated carbocycles. The Morgan fingerprint density at radius 2 is 1.56 bits per heavy atom. The fourth-order valence-electron chi connectivity index (χ4n) is 0.778. The van der Waals surface area contributed by atoms with Gasteiger partial charge in [0.25, 0.3) is 0 Å². The molecule has 0 unspecified atom stereocenters. The minimum atomic E-state index is -4.13. The van der Waals surface area contributed by atoms with Crippen LogP contribution >= 0.6 is 0 Å². The summed E-state index contributed by atoms with van der Waals surface area (Å²) in [6.45, 7) is 1.43. The second kappa shape index (κ2) is 10.7. The zero-order chi connectivity index (χ0) is 14.6. The van der Waals surface area contributed by atoms with Gasteiger partial charge in [-0.25, -0.2) is 8.42 Å². The third-order valence-electron chi connectivity index (χ3n) is 1.19. The standard InChI is InChI=1S/C7H8O3S.C3H9N.C2H3N/c8-11(9,10)6-7-4-2-1-3-5-7;1-4(2)3;1-2-3/h1-5H,6H2,(H,8,9,10);1-3H3;1H3. The largest absolute Gasteiger partial charge is 0.748 e. The van der Waals surface area contributed by atoms with Crippen LogP contribution in [0.4, 0.5) is 0 Å². The Hall–Kier alpha value is -1.42. The van der Waals surface area contributed by atoms with Crippen molar-refractivity contribution in [2.45, 2.75) is 12.7 Å². The maximum Gasteiger partial charge on any atom is 0.0988 e. The number of hydrogen-bond acceptors (Lipinski definition) is 4. The van der Waals surface area contributed by atoms with Crippen molar-refractivity contribution in [2.24, 2.45) is 0 Å². The molecule has 0 saturated heterocycles. The van der Waals surface area contributed by atoms with Gasteiger partial charge >= 0.3 is 0 Å². The third-order valence-corrected chi connectivity index (χ3v) is 1.87. The SMILES string of the molecule is CC#N.C[NH+](C)C.O=S(=O)([O-])Cc1ccccc1. The molecule has 0 aliphatic carbocycles. The smallest absolute Gasteiger partial charge is 0.0988 e. The van der Waals surface area contributed by atoms with Crippen molar-refractivity contribution in [2.75, 3.05) is 21.1 Å². The number of benzene rings is 1. The highest BCUT2D eigenvalue weighted by molar-refractivity contribution is 7.84. The molecule has 1 N–H and O–H groups in total. The minimum absolute atomic E-state index is 0.423. The van der Waals surface area contributed by atoms with Crippen molar-refractivity contribution < 1.29 is 17.9 Å². The lowest BCUT2D eigenvalue weighted by molar-refractivity contribution is -0.836. The summed E-state index contributed by atoms with van der Waals surface area (Å²) in [7, 11) is 2.12. The van der Waals surface area contributed by atoms with E-state index in [0.29, 0.717) is 5.56 Å². The molecule has 1 aromatic carbocycles. The normalized spacial score (nSPS) is 9.39. The first kappa shape index (κ1) is 18.9. The molecule has 0 aliphatic heterocycles. The predicted molar refractivity (Wildman–Crippen MR) is 69.9 cm³/mol. The van der Waals surface area contributed by atoms with E-state index >= 15 is 0 Å². The van der Waals surface area contributed by atoms with Gasteiger partial charge in [-0.05, 0) is 5.56 Å². The lowest BCUT2D eigenvalue weighted by Crippen LogP contribution is -3.02. The molecule has 0 aromatic heterocycles. The second-order valence-corrected chi connectivity index (χ2v) is 5.32. The molecule has 0 aliphatic rings. The van der Waals surface area contributed by atoms with Crippen molar-refractivity contribution in [1.82, 2.24) is 0 Å². The predicted octanol–water partition coefficient (Wildman–Crippen LogP) is 0.0224. The summed E-state index contributed by atoms with van der Waals surface area (Å²) < 4.78 is 30.7. The monoisotopic (exact) mass is 272 g/mol. The highest BCUT2D eigenvalue weighted by Gasteiger charge is 1.95. The van der Waals surface area contributed by atoms with Gasteiger partial charge in [0.05, 0.1) is 43.1 Å². The average molecular weight is 272 g/mol. The van der Waals surface area contributed by atoms with Crippen molar-refractivity contribution in [1.29, 1.82) is 5.26 Å². The van der Waals surface area contributed by atoms with Crippen molar-refractivity contribution in [3.8, 4) is 6.07 Å². The molecule has 0 amide bonds. The van der Waals surface area contributed by atoms with Crippen LogP contribution in [0, 0.1) is 11.3 Å². The van der Waals surface area contributed by atoms with Crippen LogP contribution in [0.15, 0.2) is 30.3 Å². The Morgan fingerprint density at radius 1 is 1.22 bits per heavy atom. The van der Waals surface area contributed by atoms with Crippen molar-refractivity contribution in [3.05, 3.63) is 35.9 Å². The Bertz CT molecular complexity index is 433. The van der Waals surface area contributed by atoms with E-state index in [9.17, 15) is 13.0 Å². The Balaban J connectivity index is 0. The van der Waals surface area contributed by atoms with Crippen LogP contribution in [0.3, 0.4) is 0 Å².